The monoisotopic (exact) mass is 292 g/mol. The third kappa shape index (κ3) is 9.47. The fourth-order valence-corrected chi connectivity index (χ4v) is 2.74. The van der Waals surface area contributed by atoms with Crippen LogP contribution < -0.4 is 0 Å². The average molecular weight is 292 g/mol. The minimum atomic E-state index is 0.699. The van der Waals surface area contributed by atoms with E-state index in [2.05, 4.69) is 28.1 Å². The van der Waals surface area contributed by atoms with E-state index >= 15 is 0 Å². The van der Waals surface area contributed by atoms with E-state index < -0.39 is 0 Å². The van der Waals surface area contributed by atoms with Crippen LogP contribution in [0.2, 0.25) is 0 Å². The van der Waals surface area contributed by atoms with Gasteiger partial charge in [-0.05, 0) is 12.6 Å². The van der Waals surface area contributed by atoms with E-state index in [0.717, 1.165) is 0 Å². The van der Waals surface area contributed by atoms with Gasteiger partial charge in [0.25, 0.3) is 0 Å². The van der Waals surface area contributed by atoms with Crippen molar-refractivity contribution in [2.45, 2.75) is 32.6 Å². The van der Waals surface area contributed by atoms with Gasteiger partial charge in [0.05, 0.1) is 9.21 Å². The van der Waals surface area contributed by atoms with Crippen LogP contribution in [0.25, 0.3) is 0 Å². The van der Waals surface area contributed by atoms with E-state index in [1.807, 2.05) is 0 Å². The second kappa shape index (κ2) is 10.5. The van der Waals surface area contributed by atoms with Crippen LogP contribution in [0.1, 0.15) is 32.6 Å². The zero-order valence-corrected chi connectivity index (χ0v) is 10.2. The summed E-state index contributed by atoms with van der Waals surface area (Å²) in [6.45, 7) is 2.24. The maximum absolute atomic E-state index is 5.14. The van der Waals surface area contributed by atoms with E-state index in [9.17, 15) is 0 Å². The molecule has 0 saturated carbocycles. The summed E-state index contributed by atoms with van der Waals surface area (Å²) in [6, 6.07) is 0. The minimum Gasteiger partial charge on any atom is -0.286 e. The molecule has 0 aliphatic heterocycles. The molecule has 62 valence electrons. The fourth-order valence-electron chi connectivity index (χ4n) is 0.688. The fraction of sp³-hybridized carbons (Fsp3) is 1.00. The molecule has 1 nitrogen and oxygen atoms in total. The van der Waals surface area contributed by atoms with Gasteiger partial charge in [0, 0.05) is 30.0 Å². The molecular weight excluding hydrogens is 278 g/mol. The summed E-state index contributed by atoms with van der Waals surface area (Å²) in [7, 11) is 2.15. The van der Waals surface area contributed by atoms with Crippen LogP contribution >= 0.6 is 39.2 Å². The number of unbranched alkanes of at least 4 members (excludes halogenated alkanes) is 3. The van der Waals surface area contributed by atoms with Crippen LogP contribution in [0.15, 0.2) is 0 Å². The Kier molecular flexibility index (Phi) is 12.0. The highest BCUT2D eigenvalue weighted by Crippen LogP contribution is 2.27. The smallest absolute Gasteiger partial charge is 0.0685 e. The molecule has 0 aliphatic carbocycles. The molecule has 0 radical (unpaired) electrons. The lowest BCUT2D eigenvalue weighted by atomic mass is 10.2. The predicted molar refractivity (Wildman–Crippen MR) is 60.0 cm³/mol. The Morgan fingerprint density at radius 3 is 2.80 bits per heavy atom. The van der Waals surface area contributed by atoms with Gasteiger partial charge in [0.1, 0.15) is 0 Å². The summed E-state index contributed by atoms with van der Waals surface area (Å²) in [4.78, 5) is 0. The molecule has 0 aromatic heterocycles. The molecule has 0 aromatic carbocycles. The minimum absolute atomic E-state index is 0.699. The molecule has 0 rings (SSSR count). The van der Waals surface area contributed by atoms with Crippen molar-refractivity contribution in [2.24, 2.45) is 0 Å². The first-order valence-electron chi connectivity index (χ1n) is 3.59. The number of rotatable bonds is 7. The van der Waals surface area contributed by atoms with Gasteiger partial charge in [0.2, 0.25) is 0 Å². The lowest BCUT2D eigenvalue weighted by molar-refractivity contribution is 0.689. The summed E-state index contributed by atoms with van der Waals surface area (Å²) in [5.41, 5.74) is 0. The molecule has 1 unspecified atom stereocenters. The number of hydrogen-bond donors (Lipinski definition) is 0. The molecule has 1 atom stereocenters. The van der Waals surface area contributed by atoms with Crippen LogP contribution in [-0.4, -0.2) is 6.16 Å². The molecule has 0 N–H and O–H groups in total. The largest absolute Gasteiger partial charge is 0.286 e. The lowest BCUT2D eigenvalue weighted by Crippen LogP contribution is -1.77. The van der Waals surface area contributed by atoms with Crippen molar-refractivity contribution in [1.82, 2.24) is 0 Å². The maximum Gasteiger partial charge on any atom is 0.0685 e. The van der Waals surface area contributed by atoms with E-state index in [1.165, 1.54) is 41.1 Å². The van der Waals surface area contributed by atoms with Gasteiger partial charge in [-0.15, -0.1) is 0 Å². The van der Waals surface area contributed by atoms with Crippen molar-refractivity contribution in [3.63, 3.8) is 0 Å². The Balaban J connectivity index is 2.65. The van der Waals surface area contributed by atoms with Gasteiger partial charge >= 0.3 is 0 Å². The van der Waals surface area contributed by atoms with Crippen molar-refractivity contribution < 1.29 is 3.97 Å². The zero-order chi connectivity index (χ0) is 7.66. The van der Waals surface area contributed by atoms with Gasteiger partial charge in [-0.25, -0.2) is 0 Å². The van der Waals surface area contributed by atoms with E-state index in [4.69, 9.17) is 3.97 Å². The Morgan fingerprint density at radius 2 is 2.20 bits per heavy atom. The molecule has 10 heavy (non-hydrogen) atoms. The van der Waals surface area contributed by atoms with Crippen LogP contribution in [0.3, 0.4) is 0 Å². The van der Waals surface area contributed by atoms with Gasteiger partial charge in [-0.2, -0.15) is 0 Å². The lowest BCUT2D eigenvalue weighted by Gasteiger charge is -1.97. The molecule has 0 aromatic rings. The van der Waals surface area contributed by atoms with Crippen molar-refractivity contribution in [1.29, 1.82) is 0 Å². The SMILES string of the molecule is CCCCCCPOSI. The Hall–Kier alpha value is 1.47. The van der Waals surface area contributed by atoms with E-state index in [0.29, 0.717) is 8.81 Å². The quantitative estimate of drug-likeness (QED) is 0.301. The summed E-state index contributed by atoms with van der Waals surface area (Å²) < 4.78 is 5.14. The third-order valence-electron chi connectivity index (χ3n) is 1.22. The predicted octanol–water partition coefficient (Wildman–Crippen LogP) is 4.18. The first-order valence-corrected chi connectivity index (χ1v) is 7.99. The molecule has 0 amide bonds. The summed E-state index contributed by atoms with van der Waals surface area (Å²) >= 11 is 2.16. The number of halogens is 1. The molecule has 0 bridgehead atoms. The molecular formula is C6H14IOPS. The highest BCUT2D eigenvalue weighted by atomic mass is 127. The van der Waals surface area contributed by atoms with Crippen LogP contribution in [0, 0.1) is 0 Å². The average Bonchev–Trinajstić information content (AvgIpc) is 1.97. The van der Waals surface area contributed by atoms with Crippen LogP contribution in [0.5, 0.6) is 0 Å². The Labute approximate surface area is 81.7 Å². The highest BCUT2D eigenvalue weighted by molar-refractivity contribution is 14.2. The van der Waals surface area contributed by atoms with Gasteiger partial charge in [-0.1, -0.05) is 26.2 Å². The van der Waals surface area contributed by atoms with Crippen molar-refractivity contribution >= 4 is 39.2 Å². The molecule has 0 fully saturated rings. The van der Waals surface area contributed by atoms with Gasteiger partial charge in [0.15, 0.2) is 0 Å². The second-order valence-corrected chi connectivity index (χ2v) is 4.76. The second-order valence-electron chi connectivity index (χ2n) is 2.10. The molecule has 0 spiro atoms. The summed E-state index contributed by atoms with van der Waals surface area (Å²) in [6.07, 6.45) is 6.66. The van der Waals surface area contributed by atoms with Crippen LogP contribution in [-0.2, 0) is 3.97 Å². The molecule has 0 saturated heterocycles. The first kappa shape index (κ1) is 11.5. The van der Waals surface area contributed by atoms with Gasteiger partial charge < -0.3 is 0 Å². The summed E-state index contributed by atoms with van der Waals surface area (Å²) in [5, 5.41) is 0. The third-order valence-corrected chi connectivity index (χ3v) is 4.12. The molecule has 4 heteroatoms. The van der Waals surface area contributed by atoms with E-state index in [-0.39, 0.29) is 0 Å². The van der Waals surface area contributed by atoms with Crippen LogP contribution in [0.4, 0.5) is 0 Å². The van der Waals surface area contributed by atoms with Gasteiger partial charge in [-0.3, -0.25) is 3.97 Å². The standard InChI is InChI=1S/C6H14IOPS/c1-2-3-4-5-6-9-8-10-7/h9H,2-6H2,1H3. The first-order chi connectivity index (χ1) is 4.91. The Bertz CT molecular complexity index is 57.7. The Morgan fingerprint density at radius 1 is 1.40 bits per heavy atom. The maximum atomic E-state index is 5.14. The summed E-state index contributed by atoms with van der Waals surface area (Å²) in [5.74, 6) is 0. The van der Waals surface area contributed by atoms with E-state index in [1.54, 1.807) is 0 Å². The number of hydrogen-bond acceptors (Lipinski definition) is 2. The highest BCUT2D eigenvalue weighted by Gasteiger charge is 1.88. The normalized spacial score (nSPS) is 11.4. The topological polar surface area (TPSA) is 9.23 Å². The van der Waals surface area contributed by atoms with Crippen molar-refractivity contribution in [3.05, 3.63) is 0 Å². The molecule has 0 aliphatic rings. The van der Waals surface area contributed by atoms with Crippen molar-refractivity contribution in [3.8, 4) is 0 Å². The van der Waals surface area contributed by atoms with Crippen molar-refractivity contribution in [2.75, 3.05) is 6.16 Å². The molecule has 0 heterocycles. The zero-order valence-electron chi connectivity index (χ0n) is 6.23.